The van der Waals surface area contributed by atoms with Gasteiger partial charge < -0.3 is 0 Å². The molecule has 0 amide bonds. The van der Waals surface area contributed by atoms with Crippen LogP contribution in [0.25, 0.3) is 0 Å². The Bertz CT molecular complexity index is 809. The average molecular weight is 439 g/mol. The largest absolute Gasteiger partial charge is 0.300 e. The lowest BCUT2D eigenvalue weighted by Gasteiger charge is -2.33. The number of carbonyl (C=O) groups excluding carboxylic acids is 1. The molecule has 172 valence electrons. The van der Waals surface area contributed by atoms with E-state index in [1.807, 2.05) is 12.1 Å². The molecule has 2 atom stereocenters. The van der Waals surface area contributed by atoms with Crippen LogP contribution >= 0.6 is 0 Å². The zero-order chi connectivity index (χ0) is 22.3. The monoisotopic (exact) mass is 438 g/mol. The van der Waals surface area contributed by atoms with Gasteiger partial charge in [0.1, 0.15) is 17.4 Å². The number of hydrogen-bond acceptors (Lipinski definition) is 1. The third-order valence-electron chi connectivity index (χ3n) is 7.89. The minimum absolute atomic E-state index is 0.0815. The second kappa shape index (κ2) is 11.2. The van der Waals surface area contributed by atoms with Crippen molar-refractivity contribution in [3.63, 3.8) is 0 Å². The van der Waals surface area contributed by atoms with Crippen molar-refractivity contribution in [1.29, 1.82) is 0 Å². The summed E-state index contributed by atoms with van der Waals surface area (Å²) in [5.74, 6) is 0.834. The predicted octanol–water partition coefficient (Wildman–Crippen LogP) is 8.34. The maximum Gasteiger partial charge on any atom is 0.134 e. The van der Waals surface area contributed by atoms with Crippen LogP contribution in [0.2, 0.25) is 0 Å². The van der Waals surface area contributed by atoms with E-state index in [-0.39, 0.29) is 29.3 Å². The number of benzene rings is 2. The van der Waals surface area contributed by atoms with E-state index in [1.54, 1.807) is 24.3 Å². The second-order valence-electron chi connectivity index (χ2n) is 10.1. The minimum Gasteiger partial charge on any atom is -0.300 e. The molecule has 2 aromatic carbocycles. The molecule has 2 aliphatic carbocycles. The summed E-state index contributed by atoms with van der Waals surface area (Å²) in [4.78, 5) is 13.5. The van der Waals surface area contributed by atoms with Gasteiger partial charge in [-0.3, -0.25) is 4.79 Å². The summed E-state index contributed by atoms with van der Waals surface area (Å²) >= 11 is 0. The normalized spacial score (nSPS) is 20.1. The van der Waals surface area contributed by atoms with Crippen LogP contribution in [0.15, 0.2) is 48.5 Å². The molecule has 0 bridgehead atoms. The molecule has 3 heteroatoms. The van der Waals surface area contributed by atoms with Crippen molar-refractivity contribution >= 4 is 5.78 Å². The van der Waals surface area contributed by atoms with Gasteiger partial charge in [0.2, 0.25) is 0 Å². The van der Waals surface area contributed by atoms with Gasteiger partial charge in [-0.15, -0.1) is 0 Å². The number of rotatable bonds is 8. The summed E-state index contributed by atoms with van der Waals surface area (Å²) in [7, 11) is 0. The van der Waals surface area contributed by atoms with Crippen LogP contribution in [0.1, 0.15) is 100 Å². The fourth-order valence-corrected chi connectivity index (χ4v) is 6.23. The van der Waals surface area contributed by atoms with E-state index in [1.165, 1.54) is 50.7 Å². The van der Waals surface area contributed by atoms with E-state index >= 15 is 0 Å². The molecule has 2 aromatic rings. The first-order valence-electron chi connectivity index (χ1n) is 12.6. The predicted molar refractivity (Wildman–Crippen MR) is 126 cm³/mol. The molecule has 2 unspecified atom stereocenters. The van der Waals surface area contributed by atoms with Gasteiger partial charge in [0.15, 0.2) is 0 Å². The third-order valence-corrected chi connectivity index (χ3v) is 7.89. The van der Waals surface area contributed by atoms with E-state index in [0.717, 1.165) is 36.8 Å². The molecule has 2 fully saturated rings. The van der Waals surface area contributed by atoms with Crippen LogP contribution in [0.3, 0.4) is 0 Å². The molecule has 0 N–H and O–H groups in total. The van der Waals surface area contributed by atoms with Crippen LogP contribution in [-0.2, 0) is 4.79 Å². The summed E-state index contributed by atoms with van der Waals surface area (Å²) in [5.41, 5.74) is 1.93. The lowest BCUT2D eigenvalue weighted by atomic mass is 9.71. The highest BCUT2D eigenvalue weighted by molar-refractivity contribution is 5.80. The number of halogens is 2. The van der Waals surface area contributed by atoms with Gasteiger partial charge >= 0.3 is 0 Å². The van der Waals surface area contributed by atoms with Crippen molar-refractivity contribution in [1.82, 2.24) is 0 Å². The van der Waals surface area contributed by atoms with Gasteiger partial charge in [0, 0.05) is 12.8 Å². The first-order valence-corrected chi connectivity index (χ1v) is 12.6. The fourth-order valence-electron chi connectivity index (χ4n) is 6.23. The summed E-state index contributed by atoms with van der Waals surface area (Å²) in [6.07, 6.45) is 12.7. The molecule has 0 aromatic heterocycles. The van der Waals surface area contributed by atoms with E-state index < -0.39 is 0 Å². The SMILES string of the molecule is O=C(CC(c1cccc(F)c1)C1CCCCC1)CC(c1cccc(F)c1)C1CCCCC1. The van der Waals surface area contributed by atoms with E-state index in [4.69, 9.17) is 0 Å². The molecule has 2 saturated carbocycles. The van der Waals surface area contributed by atoms with Crippen molar-refractivity contribution in [2.24, 2.45) is 11.8 Å². The molecular weight excluding hydrogens is 402 g/mol. The summed E-state index contributed by atoms with van der Waals surface area (Å²) in [5, 5.41) is 0. The molecule has 32 heavy (non-hydrogen) atoms. The van der Waals surface area contributed by atoms with Crippen molar-refractivity contribution in [3.05, 3.63) is 71.3 Å². The van der Waals surface area contributed by atoms with Gasteiger partial charge in [-0.1, -0.05) is 62.8 Å². The van der Waals surface area contributed by atoms with Crippen LogP contribution in [0, 0.1) is 23.5 Å². The second-order valence-corrected chi connectivity index (χ2v) is 10.1. The van der Waals surface area contributed by atoms with Gasteiger partial charge in [-0.25, -0.2) is 8.78 Å². The van der Waals surface area contributed by atoms with Crippen molar-refractivity contribution < 1.29 is 13.6 Å². The Balaban J connectivity index is 1.54. The minimum atomic E-state index is -0.226. The lowest BCUT2D eigenvalue weighted by molar-refractivity contribution is -0.120. The molecule has 0 radical (unpaired) electrons. The maximum absolute atomic E-state index is 14.0. The van der Waals surface area contributed by atoms with E-state index in [2.05, 4.69) is 0 Å². The Labute approximate surface area is 191 Å². The Morgan fingerprint density at radius 3 is 1.47 bits per heavy atom. The highest BCUT2D eigenvalue weighted by Gasteiger charge is 2.31. The Kier molecular flexibility index (Phi) is 8.10. The zero-order valence-electron chi connectivity index (χ0n) is 19.1. The standard InChI is InChI=1S/C29H36F2O/c30-25-15-7-13-23(17-25)28(21-9-3-1-4-10-21)19-27(32)20-29(22-11-5-2-6-12-22)24-14-8-16-26(31)18-24/h7-8,13-18,21-22,28-29H,1-6,9-12,19-20H2. The van der Waals surface area contributed by atoms with Crippen molar-refractivity contribution in [2.45, 2.75) is 88.9 Å². The van der Waals surface area contributed by atoms with Crippen molar-refractivity contribution in [3.8, 4) is 0 Å². The Hall–Kier alpha value is -2.03. The zero-order valence-corrected chi connectivity index (χ0v) is 19.1. The van der Waals surface area contributed by atoms with Crippen molar-refractivity contribution in [2.75, 3.05) is 0 Å². The van der Waals surface area contributed by atoms with Gasteiger partial charge in [0.25, 0.3) is 0 Å². The van der Waals surface area contributed by atoms with Crippen LogP contribution in [-0.4, -0.2) is 5.78 Å². The average Bonchev–Trinajstić information content (AvgIpc) is 2.82. The molecule has 1 nitrogen and oxygen atoms in total. The summed E-state index contributed by atoms with van der Waals surface area (Å²) < 4.78 is 28.0. The molecule has 4 rings (SSSR count). The Morgan fingerprint density at radius 1 is 0.688 bits per heavy atom. The molecular formula is C29H36F2O. The molecule has 2 aliphatic rings. The molecule has 0 heterocycles. The van der Waals surface area contributed by atoms with E-state index in [9.17, 15) is 13.6 Å². The quantitative estimate of drug-likeness (QED) is 0.405. The van der Waals surface area contributed by atoms with Gasteiger partial charge in [0.05, 0.1) is 0 Å². The number of carbonyl (C=O) groups is 1. The lowest BCUT2D eigenvalue weighted by Crippen LogP contribution is -2.23. The van der Waals surface area contributed by atoms with E-state index in [0.29, 0.717) is 24.7 Å². The number of Topliss-reactive ketones (excluding diaryl/α,β-unsaturated/α-hetero) is 1. The molecule has 0 spiro atoms. The van der Waals surface area contributed by atoms with Crippen LogP contribution in [0.5, 0.6) is 0 Å². The topological polar surface area (TPSA) is 17.1 Å². The smallest absolute Gasteiger partial charge is 0.134 e. The number of hydrogen-bond donors (Lipinski definition) is 0. The summed E-state index contributed by atoms with van der Waals surface area (Å²) in [6, 6.07) is 13.7. The van der Waals surface area contributed by atoms with Gasteiger partial charge in [-0.2, -0.15) is 0 Å². The highest BCUT2D eigenvalue weighted by atomic mass is 19.1. The van der Waals surface area contributed by atoms with Gasteiger partial charge in [-0.05, 0) is 84.7 Å². The van der Waals surface area contributed by atoms with Crippen LogP contribution in [0.4, 0.5) is 8.78 Å². The Morgan fingerprint density at radius 2 is 1.09 bits per heavy atom. The third kappa shape index (κ3) is 6.05. The van der Waals surface area contributed by atoms with Crippen LogP contribution < -0.4 is 0 Å². The maximum atomic E-state index is 14.0. The fraction of sp³-hybridized carbons (Fsp3) is 0.552. The molecule has 0 aliphatic heterocycles. The first kappa shape index (κ1) is 23.1. The number of ketones is 1. The molecule has 0 saturated heterocycles. The first-order chi connectivity index (χ1) is 15.6. The highest BCUT2D eigenvalue weighted by Crippen LogP contribution is 2.42. The summed E-state index contributed by atoms with van der Waals surface area (Å²) in [6.45, 7) is 0.